The molecule has 0 bridgehead atoms. The number of thiazole rings is 1. The molecule has 2 nitrogen and oxygen atoms in total. The van der Waals surface area contributed by atoms with E-state index in [4.69, 9.17) is 0 Å². The van der Waals surface area contributed by atoms with Crippen LogP contribution in [-0.2, 0) is 12.7 Å². The SMILES string of the molecule is CC(C)NCc1csc(-c2ccccc2C(F)(F)F)n1. The van der Waals surface area contributed by atoms with E-state index in [0.717, 1.165) is 11.8 Å². The third kappa shape index (κ3) is 3.58. The van der Waals surface area contributed by atoms with Crippen LogP contribution < -0.4 is 5.32 Å². The second-order valence-electron chi connectivity index (χ2n) is 4.72. The molecule has 0 saturated carbocycles. The molecule has 20 heavy (non-hydrogen) atoms. The average molecular weight is 300 g/mol. The molecule has 1 aromatic carbocycles. The van der Waals surface area contributed by atoms with Gasteiger partial charge in [0.15, 0.2) is 0 Å². The Labute approximate surface area is 119 Å². The lowest BCUT2D eigenvalue weighted by atomic mass is 10.1. The highest BCUT2D eigenvalue weighted by Gasteiger charge is 2.33. The molecule has 6 heteroatoms. The number of alkyl halides is 3. The van der Waals surface area contributed by atoms with E-state index in [9.17, 15) is 13.2 Å². The topological polar surface area (TPSA) is 24.9 Å². The first-order chi connectivity index (χ1) is 9.38. The standard InChI is InChI=1S/C14H15F3N2S/c1-9(2)18-7-10-8-20-13(19-10)11-5-3-4-6-12(11)14(15,16)17/h3-6,8-9,18H,7H2,1-2H3. The molecule has 1 N–H and O–H groups in total. The zero-order valence-corrected chi connectivity index (χ0v) is 12.0. The molecule has 0 aliphatic carbocycles. The van der Waals surface area contributed by atoms with Gasteiger partial charge in [0.25, 0.3) is 0 Å². The molecular weight excluding hydrogens is 285 g/mol. The number of nitrogens with one attached hydrogen (secondary N) is 1. The normalized spacial score (nSPS) is 12.1. The van der Waals surface area contributed by atoms with E-state index in [2.05, 4.69) is 10.3 Å². The van der Waals surface area contributed by atoms with Crippen LogP contribution in [0, 0.1) is 0 Å². The van der Waals surface area contributed by atoms with Crippen LogP contribution in [-0.4, -0.2) is 11.0 Å². The van der Waals surface area contributed by atoms with Crippen LogP contribution in [0.15, 0.2) is 29.6 Å². The lowest BCUT2D eigenvalue weighted by molar-refractivity contribution is -0.137. The van der Waals surface area contributed by atoms with Gasteiger partial charge < -0.3 is 5.32 Å². The molecule has 0 amide bonds. The van der Waals surface area contributed by atoms with Crippen LogP contribution in [0.1, 0.15) is 25.1 Å². The van der Waals surface area contributed by atoms with E-state index < -0.39 is 11.7 Å². The van der Waals surface area contributed by atoms with Gasteiger partial charge in [-0.2, -0.15) is 13.2 Å². The zero-order chi connectivity index (χ0) is 14.8. The van der Waals surface area contributed by atoms with Gasteiger partial charge in [-0.1, -0.05) is 32.0 Å². The second kappa shape index (κ2) is 5.93. The lowest BCUT2D eigenvalue weighted by Gasteiger charge is -2.10. The Morgan fingerprint density at radius 1 is 1.25 bits per heavy atom. The van der Waals surface area contributed by atoms with Crippen molar-refractivity contribution in [3.8, 4) is 10.6 Å². The molecule has 0 aliphatic heterocycles. The fourth-order valence-electron chi connectivity index (χ4n) is 1.74. The van der Waals surface area contributed by atoms with Crippen molar-refractivity contribution in [1.82, 2.24) is 10.3 Å². The molecule has 0 saturated heterocycles. The van der Waals surface area contributed by atoms with Gasteiger partial charge in [-0.15, -0.1) is 11.3 Å². The summed E-state index contributed by atoms with van der Waals surface area (Å²) in [5.41, 5.74) is 0.259. The number of benzene rings is 1. The zero-order valence-electron chi connectivity index (χ0n) is 11.2. The minimum absolute atomic E-state index is 0.140. The Balaban J connectivity index is 2.29. The molecule has 1 aromatic heterocycles. The fourth-order valence-corrected chi connectivity index (χ4v) is 2.60. The highest BCUT2D eigenvalue weighted by atomic mass is 32.1. The second-order valence-corrected chi connectivity index (χ2v) is 5.58. The highest BCUT2D eigenvalue weighted by Crippen LogP contribution is 2.37. The van der Waals surface area contributed by atoms with Crippen molar-refractivity contribution >= 4 is 11.3 Å². The fraction of sp³-hybridized carbons (Fsp3) is 0.357. The van der Waals surface area contributed by atoms with Crippen LogP contribution >= 0.6 is 11.3 Å². The summed E-state index contributed by atoms with van der Waals surface area (Å²) in [5, 5.41) is 5.38. The van der Waals surface area contributed by atoms with Crippen molar-refractivity contribution in [2.75, 3.05) is 0 Å². The molecule has 0 aliphatic rings. The minimum atomic E-state index is -4.36. The number of nitrogens with zero attached hydrogens (tertiary/aromatic N) is 1. The van der Waals surface area contributed by atoms with E-state index in [-0.39, 0.29) is 5.56 Å². The number of hydrogen-bond acceptors (Lipinski definition) is 3. The van der Waals surface area contributed by atoms with Crippen molar-refractivity contribution in [3.63, 3.8) is 0 Å². The predicted octanol–water partition coefficient (Wildman–Crippen LogP) is 4.33. The molecule has 1 heterocycles. The van der Waals surface area contributed by atoms with Crippen LogP contribution in [0.2, 0.25) is 0 Å². The number of rotatable bonds is 4. The summed E-state index contributed by atoms with van der Waals surface area (Å²) in [7, 11) is 0. The van der Waals surface area contributed by atoms with E-state index in [1.807, 2.05) is 13.8 Å². The van der Waals surface area contributed by atoms with Gasteiger partial charge >= 0.3 is 6.18 Å². The predicted molar refractivity (Wildman–Crippen MR) is 74.5 cm³/mol. The van der Waals surface area contributed by atoms with E-state index in [1.165, 1.54) is 23.5 Å². The summed E-state index contributed by atoms with van der Waals surface area (Å²) in [4.78, 5) is 4.28. The van der Waals surface area contributed by atoms with Crippen LogP contribution in [0.25, 0.3) is 10.6 Å². The maximum atomic E-state index is 13.0. The maximum absolute atomic E-state index is 13.0. The van der Waals surface area contributed by atoms with Gasteiger partial charge in [-0.3, -0.25) is 0 Å². The summed E-state index contributed by atoms with van der Waals surface area (Å²) in [5.74, 6) is 0. The molecule has 2 rings (SSSR count). The maximum Gasteiger partial charge on any atom is 0.417 e. The molecule has 0 radical (unpaired) electrons. The molecular formula is C14H15F3N2S. The molecule has 2 aromatic rings. The van der Waals surface area contributed by atoms with Gasteiger partial charge in [0.2, 0.25) is 0 Å². The molecule has 0 atom stereocenters. The van der Waals surface area contributed by atoms with Crippen LogP contribution in [0.5, 0.6) is 0 Å². The monoisotopic (exact) mass is 300 g/mol. The van der Waals surface area contributed by atoms with Gasteiger partial charge in [0, 0.05) is 23.5 Å². The summed E-state index contributed by atoms with van der Waals surface area (Å²) in [6, 6.07) is 5.84. The van der Waals surface area contributed by atoms with Crippen molar-refractivity contribution < 1.29 is 13.2 Å². The first-order valence-corrected chi connectivity index (χ1v) is 7.10. The first kappa shape index (κ1) is 15.0. The number of aromatic nitrogens is 1. The molecule has 0 spiro atoms. The summed E-state index contributed by atoms with van der Waals surface area (Å²) in [6.45, 7) is 4.57. The van der Waals surface area contributed by atoms with Gasteiger partial charge in [-0.05, 0) is 6.07 Å². The van der Waals surface area contributed by atoms with E-state index in [1.54, 1.807) is 11.4 Å². The van der Waals surface area contributed by atoms with Gasteiger partial charge in [0.1, 0.15) is 5.01 Å². The third-order valence-electron chi connectivity index (χ3n) is 2.71. The van der Waals surface area contributed by atoms with Crippen molar-refractivity contribution in [3.05, 3.63) is 40.9 Å². The largest absolute Gasteiger partial charge is 0.417 e. The van der Waals surface area contributed by atoms with Crippen molar-refractivity contribution in [2.45, 2.75) is 32.6 Å². The summed E-state index contributed by atoms with van der Waals surface area (Å²) < 4.78 is 38.9. The van der Waals surface area contributed by atoms with Crippen LogP contribution in [0.3, 0.4) is 0 Å². The molecule has 0 unspecified atom stereocenters. The Morgan fingerprint density at radius 2 is 1.95 bits per heavy atom. The van der Waals surface area contributed by atoms with E-state index >= 15 is 0 Å². The van der Waals surface area contributed by atoms with E-state index in [0.29, 0.717) is 17.6 Å². The number of halogens is 3. The smallest absolute Gasteiger partial charge is 0.309 e. The Morgan fingerprint density at radius 3 is 2.60 bits per heavy atom. The average Bonchev–Trinajstić information content (AvgIpc) is 2.84. The Kier molecular flexibility index (Phi) is 4.45. The van der Waals surface area contributed by atoms with Crippen molar-refractivity contribution in [2.24, 2.45) is 0 Å². The highest BCUT2D eigenvalue weighted by molar-refractivity contribution is 7.13. The third-order valence-corrected chi connectivity index (χ3v) is 3.63. The van der Waals surface area contributed by atoms with Crippen LogP contribution in [0.4, 0.5) is 13.2 Å². The lowest BCUT2D eigenvalue weighted by Crippen LogP contribution is -2.21. The minimum Gasteiger partial charge on any atom is -0.309 e. The number of hydrogen-bond donors (Lipinski definition) is 1. The molecule has 108 valence electrons. The van der Waals surface area contributed by atoms with Crippen molar-refractivity contribution in [1.29, 1.82) is 0 Å². The quantitative estimate of drug-likeness (QED) is 0.909. The van der Waals surface area contributed by atoms with Gasteiger partial charge in [0.05, 0.1) is 11.3 Å². The Hall–Kier alpha value is -1.40. The first-order valence-electron chi connectivity index (χ1n) is 6.22. The van der Waals surface area contributed by atoms with Gasteiger partial charge in [-0.25, -0.2) is 4.98 Å². The summed E-state index contributed by atoms with van der Waals surface area (Å²) >= 11 is 1.23. The molecule has 0 fully saturated rings. The summed E-state index contributed by atoms with van der Waals surface area (Å²) in [6.07, 6.45) is -4.36. The Bertz CT molecular complexity index is 576.